The van der Waals surface area contributed by atoms with Gasteiger partial charge in [0, 0.05) is 21.9 Å². The van der Waals surface area contributed by atoms with Crippen molar-refractivity contribution in [3.05, 3.63) is 71.6 Å². The summed E-state index contributed by atoms with van der Waals surface area (Å²) in [4.78, 5) is 13.3. The molecule has 7 heteroatoms. The van der Waals surface area contributed by atoms with Gasteiger partial charge in [0.2, 0.25) is 0 Å². The van der Waals surface area contributed by atoms with Crippen LogP contribution in [0, 0.1) is 0 Å². The molecule has 0 radical (unpaired) electrons. The number of aliphatic hydroxyl groups is 1. The first kappa shape index (κ1) is 20.2. The number of piperazine rings is 1. The molecule has 31 heavy (non-hydrogen) atoms. The van der Waals surface area contributed by atoms with E-state index in [9.17, 15) is 5.11 Å². The standard InChI is InChI=1S/C24H24BrN5O/c25-19-6-8-20(9-7-19)30-16-21(18-4-2-1-3-5-18)22-23(26-17-27-24(22)30)29-12-10-28(11-13-29)14-15-31/h1-9,16-17,31H,10-15H2/p+1. The van der Waals surface area contributed by atoms with Gasteiger partial charge >= 0.3 is 0 Å². The van der Waals surface area contributed by atoms with Crippen LogP contribution < -0.4 is 9.80 Å². The van der Waals surface area contributed by atoms with Crippen LogP contribution in [0.2, 0.25) is 0 Å². The van der Waals surface area contributed by atoms with E-state index in [0.717, 1.165) is 70.9 Å². The molecule has 6 nitrogen and oxygen atoms in total. The fraction of sp³-hybridized carbons (Fsp3) is 0.250. The summed E-state index contributed by atoms with van der Waals surface area (Å²) in [5, 5.41) is 10.4. The topological polar surface area (TPSA) is 58.6 Å². The van der Waals surface area contributed by atoms with Gasteiger partial charge in [-0.25, -0.2) is 9.97 Å². The van der Waals surface area contributed by atoms with Crippen molar-refractivity contribution in [2.45, 2.75) is 0 Å². The van der Waals surface area contributed by atoms with Crippen molar-refractivity contribution >= 4 is 32.8 Å². The van der Waals surface area contributed by atoms with Gasteiger partial charge in [-0.05, 0) is 29.8 Å². The maximum absolute atomic E-state index is 9.27. The molecule has 1 aliphatic rings. The zero-order valence-corrected chi connectivity index (χ0v) is 18.8. The van der Waals surface area contributed by atoms with Gasteiger partial charge in [0.05, 0.1) is 38.2 Å². The molecule has 2 N–H and O–H groups in total. The minimum Gasteiger partial charge on any atom is -0.391 e. The van der Waals surface area contributed by atoms with Crippen molar-refractivity contribution < 1.29 is 10.0 Å². The van der Waals surface area contributed by atoms with Gasteiger partial charge in [-0.2, -0.15) is 0 Å². The van der Waals surface area contributed by atoms with Crippen molar-refractivity contribution in [1.29, 1.82) is 0 Å². The van der Waals surface area contributed by atoms with Gasteiger partial charge in [-0.3, -0.25) is 0 Å². The Hall–Kier alpha value is -2.74. The van der Waals surface area contributed by atoms with Crippen LogP contribution in [0.1, 0.15) is 0 Å². The number of quaternary nitrogens is 1. The Morgan fingerprint density at radius 2 is 1.71 bits per heavy atom. The number of nitrogens with zero attached hydrogens (tertiary/aromatic N) is 4. The average Bonchev–Trinajstić information content (AvgIpc) is 3.21. The average molecular weight is 479 g/mol. The minimum absolute atomic E-state index is 0.237. The summed E-state index contributed by atoms with van der Waals surface area (Å²) in [5.41, 5.74) is 4.27. The Kier molecular flexibility index (Phi) is 5.72. The fourth-order valence-corrected chi connectivity index (χ4v) is 4.63. The number of fused-ring (bicyclic) bond motifs is 1. The van der Waals surface area contributed by atoms with Crippen LogP contribution in [0.5, 0.6) is 0 Å². The number of anilines is 1. The molecule has 158 valence electrons. The summed E-state index contributed by atoms with van der Waals surface area (Å²) < 4.78 is 3.21. The van der Waals surface area contributed by atoms with Crippen molar-refractivity contribution in [3.8, 4) is 16.8 Å². The molecule has 0 spiro atoms. The molecule has 0 amide bonds. The predicted molar refractivity (Wildman–Crippen MR) is 127 cm³/mol. The highest BCUT2D eigenvalue weighted by atomic mass is 79.9. The molecule has 3 heterocycles. The van der Waals surface area contributed by atoms with E-state index in [4.69, 9.17) is 9.97 Å². The molecule has 0 unspecified atom stereocenters. The highest BCUT2D eigenvalue weighted by Gasteiger charge is 2.25. The molecule has 2 aromatic carbocycles. The summed E-state index contributed by atoms with van der Waals surface area (Å²) in [6.45, 7) is 4.88. The second-order valence-corrected chi connectivity index (χ2v) is 8.78. The van der Waals surface area contributed by atoms with Gasteiger partial charge in [-0.15, -0.1) is 0 Å². The van der Waals surface area contributed by atoms with E-state index in [2.05, 4.69) is 80.1 Å². The van der Waals surface area contributed by atoms with Gasteiger partial charge in [0.15, 0.2) is 5.65 Å². The van der Waals surface area contributed by atoms with E-state index >= 15 is 0 Å². The first-order valence-corrected chi connectivity index (χ1v) is 11.4. The second kappa shape index (κ2) is 8.78. The Labute approximate surface area is 189 Å². The molecule has 1 saturated heterocycles. The number of rotatable bonds is 5. The fourth-order valence-electron chi connectivity index (χ4n) is 4.36. The summed E-state index contributed by atoms with van der Waals surface area (Å²) in [6, 6.07) is 18.7. The van der Waals surface area contributed by atoms with E-state index in [0.29, 0.717) is 0 Å². The maximum Gasteiger partial charge on any atom is 0.150 e. The lowest BCUT2D eigenvalue weighted by atomic mass is 10.1. The maximum atomic E-state index is 9.27. The predicted octanol–water partition coefficient (Wildman–Crippen LogP) is 2.55. The van der Waals surface area contributed by atoms with Gasteiger partial charge in [-0.1, -0.05) is 46.3 Å². The van der Waals surface area contributed by atoms with E-state index in [1.165, 1.54) is 4.90 Å². The molecular formula is C24H25BrN5O+. The van der Waals surface area contributed by atoms with E-state index in [-0.39, 0.29) is 6.61 Å². The molecule has 0 atom stereocenters. The van der Waals surface area contributed by atoms with Crippen LogP contribution in [0.15, 0.2) is 71.6 Å². The molecule has 0 aliphatic carbocycles. The number of aliphatic hydroxyl groups excluding tert-OH is 1. The normalized spacial score (nSPS) is 15.0. The number of benzene rings is 2. The molecule has 1 aliphatic heterocycles. The van der Waals surface area contributed by atoms with E-state index in [1.807, 2.05) is 6.07 Å². The molecular weight excluding hydrogens is 454 g/mol. The van der Waals surface area contributed by atoms with Crippen molar-refractivity contribution in [1.82, 2.24) is 14.5 Å². The van der Waals surface area contributed by atoms with Crippen LogP contribution in [0.4, 0.5) is 5.82 Å². The van der Waals surface area contributed by atoms with Crippen molar-refractivity contribution in [2.75, 3.05) is 44.2 Å². The Morgan fingerprint density at radius 1 is 0.968 bits per heavy atom. The third-order valence-corrected chi connectivity index (χ3v) is 6.52. The van der Waals surface area contributed by atoms with Crippen molar-refractivity contribution in [3.63, 3.8) is 0 Å². The largest absolute Gasteiger partial charge is 0.391 e. The molecule has 5 rings (SSSR count). The monoisotopic (exact) mass is 478 g/mol. The summed E-state index contributed by atoms with van der Waals surface area (Å²) in [5.74, 6) is 0.989. The van der Waals surface area contributed by atoms with Gasteiger partial charge in [0.25, 0.3) is 0 Å². The molecule has 0 saturated carbocycles. The second-order valence-electron chi connectivity index (χ2n) is 7.86. The minimum atomic E-state index is 0.237. The Balaban J connectivity index is 1.65. The lowest BCUT2D eigenvalue weighted by molar-refractivity contribution is -0.900. The first-order valence-electron chi connectivity index (χ1n) is 10.6. The highest BCUT2D eigenvalue weighted by Crippen LogP contribution is 2.36. The lowest BCUT2D eigenvalue weighted by Gasteiger charge is -2.33. The third kappa shape index (κ3) is 3.96. The first-order chi connectivity index (χ1) is 15.2. The Bertz CT molecular complexity index is 1170. The summed E-state index contributed by atoms with van der Waals surface area (Å²) >= 11 is 3.53. The quantitative estimate of drug-likeness (QED) is 0.462. The molecule has 0 bridgehead atoms. The van der Waals surface area contributed by atoms with Crippen LogP contribution >= 0.6 is 15.9 Å². The van der Waals surface area contributed by atoms with Crippen LogP contribution in [-0.2, 0) is 0 Å². The number of aromatic nitrogens is 3. The summed E-state index contributed by atoms with van der Waals surface area (Å²) in [6.07, 6.45) is 3.85. The molecule has 2 aromatic heterocycles. The zero-order valence-electron chi connectivity index (χ0n) is 17.2. The smallest absolute Gasteiger partial charge is 0.150 e. The highest BCUT2D eigenvalue weighted by molar-refractivity contribution is 9.10. The van der Waals surface area contributed by atoms with Crippen molar-refractivity contribution in [2.24, 2.45) is 0 Å². The number of hydrogen-bond acceptors (Lipinski definition) is 4. The van der Waals surface area contributed by atoms with E-state index in [1.54, 1.807) is 6.33 Å². The van der Waals surface area contributed by atoms with Gasteiger partial charge < -0.3 is 19.5 Å². The molecule has 1 fully saturated rings. The van der Waals surface area contributed by atoms with Crippen LogP contribution in [-0.4, -0.2) is 59.0 Å². The SMILES string of the molecule is OCC[NH+]1CCN(c2ncnc3c2c(-c2ccccc2)cn3-c2ccc(Br)cc2)CC1. The third-order valence-electron chi connectivity index (χ3n) is 5.99. The van der Waals surface area contributed by atoms with E-state index < -0.39 is 0 Å². The number of halogens is 1. The zero-order chi connectivity index (χ0) is 21.2. The van der Waals surface area contributed by atoms with Crippen LogP contribution in [0.3, 0.4) is 0 Å². The number of hydrogen-bond donors (Lipinski definition) is 2. The molecule has 4 aromatic rings. The summed E-state index contributed by atoms with van der Waals surface area (Å²) in [7, 11) is 0. The van der Waals surface area contributed by atoms with Gasteiger partial charge in [0.1, 0.15) is 18.7 Å². The Morgan fingerprint density at radius 3 is 2.42 bits per heavy atom. The van der Waals surface area contributed by atoms with Crippen LogP contribution in [0.25, 0.3) is 27.8 Å². The number of nitrogens with one attached hydrogen (secondary N) is 1. The lowest BCUT2D eigenvalue weighted by Crippen LogP contribution is -3.15.